The molecule has 0 bridgehead atoms. The van der Waals surface area contributed by atoms with Crippen LogP contribution in [0.25, 0.3) is 11.0 Å². The largest absolute Gasteiger partial charge is 0.383 e. The first kappa shape index (κ1) is 17.0. The lowest BCUT2D eigenvalue weighted by atomic mass is 10.0. The van der Waals surface area contributed by atoms with Gasteiger partial charge in [0.1, 0.15) is 11.6 Å². The second-order valence-corrected chi connectivity index (χ2v) is 8.56. The molecule has 2 heterocycles. The number of nitrogens with zero attached hydrogens (tertiary/aromatic N) is 4. The third kappa shape index (κ3) is 2.96. The highest BCUT2D eigenvalue weighted by Crippen LogP contribution is 2.40. The van der Waals surface area contributed by atoms with Crippen LogP contribution < -0.4 is 5.73 Å². The maximum Gasteiger partial charge on any atom is 0.164 e. The van der Waals surface area contributed by atoms with E-state index in [9.17, 15) is 0 Å². The lowest BCUT2D eigenvalue weighted by molar-refractivity contribution is 0.363. The molecule has 5 nitrogen and oxygen atoms in total. The van der Waals surface area contributed by atoms with Crippen molar-refractivity contribution in [3.8, 4) is 0 Å². The van der Waals surface area contributed by atoms with Gasteiger partial charge in [0.2, 0.25) is 0 Å². The standard InChI is InChI=1S/C21H27N5/c1-12-6-7-14(10-13(12)2)11-16-17-18(22)23-19(15-8-9-15)24-20(17)26(25-16)21(3,4)5/h6-7,10,15H,8-9,11H2,1-5H3,(H2,22,23,24). The molecule has 4 rings (SSSR count). The molecular weight excluding hydrogens is 322 g/mol. The topological polar surface area (TPSA) is 69.6 Å². The summed E-state index contributed by atoms with van der Waals surface area (Å²) in [5.74, 6) is 1.90. The normalized spacial score (nSPS) is 15.0. The molecule has 1 aliphatic rings. The monoisotopic (exact) mass is 349 g/mol. The van der Waals surface area contributed by atoms with E-state index >= 15 is 0 Å². The number of anilines is 1. The Morgan fingerprint density at radius 3 is 2.46 bits per heavy atom. The molecule has 2 aromatic heterocycles. The van der Waals surface area contributed by atoms with Crippen LogP contribution >= 0.6 is 0 Å². The lowest BCUT2D eigenvalue weighted by Crippen LogP contribution is -2.24. The number of hydrogen-bond donors (Lipinski definition) is 1. The maximum atomic E-state index is 6.38. The van der Waals surface area contributed by atoms with Crippen molar-refractivity contribution in [3.63, 3.8) is 0 Å². The summed E-state index contributed by atoms with van der Waals surface area (Å²) in [6.07, 6.45) is 3.05. The van der Waals surface area contributed by atoms with E-state index in [0.29, 0.717) is 11.7 Å². The molecule has 0 radical (unpaired) electrons. The van der Waals surface area contributed by atoms with Crippen molar-refractivity contribution in [1.29, 1.82) is 0 Å². The number of aromatic nitrogens is 4. The van der Waals surface area contributed by atoms with E-state index < -0.39 is 0 Å². The van der Waals surface area contributed by atoms with E-state index in [1.807, 2.05) is 4.68 Å². The zero-order valence-corrected chi connectivity index (χ0v) is 16.3. The highest BCUT2D eigenvalue weighted by atomic mass is 15.3. The minimum Gasteiger partial charge on any atom is -0.383 e. The molecule has 1 aromatic carbocycles. The number of benzene rings is 1. The fourth-order valence-electron chi connectivity index (χ4n) is 3.35. The van der Waals surface area contributed by atoms with Crippen LogP contribution in [0.5, 0.6) is 0 Å². The molecule has 3 aromatic rings. The second kappa shape index (κ2) is 5.79. The quantitative estimate of drug-likeness (QED) is 0.767. The Balaban J connectivity index is 1.87. The van der Waals surface area contributed by atoms with Crippen molar-refractivity contribution in [2.24, 2.45) is 0 Å². The van der Waals surface area contributed by atoms with Crippen LogP contribution in [0.15, 0.2) is 18.2 Å². The van der Waals surface area contributed by atoms with Crippen LogP contribution in [0.2, 0.25) is 0 Å². The van der Waals surface area contributed by atoms with E-state index in [0.717, 1.165) is 41.8 Å². The van der Waals surface area contributed by atoms with Gasteiger partial charge in [0.25, 0.3) is 0 Å². The van der Waals surface area contributed by atoms with Gasteiger partial charge in [0.15, 0.2) is 5.65 Å². The molecule has 0 spiro atoms. The van der Waals surface area contributed by atoms with Gasteiger partial charge in [-0.05, 0) is 64.2 Å². The van der Waals surface area contributed by atoms with Gasteiger partial charge < -0.3 is 5.73 Å². The summed E-state index contributed by atoms with van der Waals surface area (Å²) < 4.78 is 2.02. The van der Waals surface area contributed by atoms with Gasteiger partial charge in [0.05, 0.1) is 16.6 Å². The molecule has 1 saturated carbocycles. The van der Waals surface area contributed by atoms with Crippen molar-refractivity contribution in [2.45, 2.75) is 65.3 Å². The molecular formula is C21H27N5. The molecule has 2 N–H and O–H groups in total. The van der Waals surface area contributed by atoms with Crippen molar-refractivity contribution < 1.29 is 0 Å². The first-order valence-corrected chi connectivity index (χ1v) is 9.35. The van der Waals surface area contributed by atoms with Gasteiger partial charge in [-0.1, -0.05) is 18.2 Å². The molecule has 1 fully saturated rings. The van der Waals surface area contributed by atoms with Crippen molar-refractivity contribution in [1.82, 2.24) is 19.7 Å². The molecule has 0 aliphatic heterocycles. The number of aryl methyl sites for hydroxylation is 2. The minimum atomic E-state index is -0.165. The fourth-order valence-corrected chi connectivity index (χ4v) is 3.35. The smallest absolute Gasteiger partial charge is 0.164 e. The Labute approximate surface area is 154 Å². The zero-order valence-electron chi connectivity index (χ0n) is 16.3. The Morgan fingerprint density at radius 1 is 1.12 bits per heavy atom. The molecule has 5 heteroatoms. The highest BCUT2D eigenvalue weighted by molar-refractivity contribution is 5.89. The third-order valence-corrected chi connectivity index (χ3v) is 5.17. The summed E-state index contributed by atoms with van der Waals surface area (Å²) in [5.41, 5.74) is 11.9. The number of rotatable bonds is 3. The zero-order chi connectivity index (χ0) is 18.6. The summed E-state index contributed by atoms with van der Waals surface area (Å²) in [4.78, 5) is 9.47. The predicted octanol–water partition coefficient (Wildman–Crippen LogP) is 4.25. The summed E-state index contributed by atoms with van der Waals surface area (Å²) in [7, 11) is 0. The molecule has 26 heavy (non-hydrogen) atoms. The van der Waals surface area contributed by atoms with Gasteiger partial charge in [0, 0.05) is 12.3 Å². The van der Waals surface area contributed by atoms with Gasteiger partial charge in [-0.3, -0.25) is 0 Å². The first-order chi connectivity index (χ1) is 12.2. The Kier molecular flexibility index (Phi) is 3.79. The summed E-state index contributed by atoms with van der Waals surface area (Å²) >= 11 is 0. The molecule has 0 amide bonds. The second-order valence-electron chi connectivity index (χ2n) is 8.56. The van der Waals surface area contributed by atoms with Gasteiger partial charge >= 0.3 is 0 Å². The van der Waals surface area contributed by atoms with E-state index in [2.05, 4.69) is 57.8 Å². The number of nitrogen functional groups attached to an aromatic ring is 1. The van der Waals surface area contributed by atoms with E-state index in [1.165, 1.54) is 16.7 Å². The van der Waals surface area contributed by atoms with Gasteiger partial charge in [-0.2, -0.15) is 5.10 Å². The van der Waals surface area contributed by atoms with Crippen LogP contribution in [-0.2, 0) is 12.0 Å². The molecule has 136 valence electrons. The number of hydrogen-bond acceptors (Lipinski definition) is 4. The fraction of sp³-hybridized carbons (Fsp3) is 0.476. The van der Waals surface area contributed by atoms with Crippen LogP contribution in [0.1, 0.15) is 67.7 Å². The number of nitrogens with two attached hydrogens (primary N) is 1. The predicted molar refractivity (Wildman–Crippen MR) is 105 cm³/mol. The van der Waals surface area contributed by atoms with Crippen LogP contribution in [0.4, 0.5) is 5.82 Å². The van der Waals surface area contributed by atoms with Gasteiger partial charge in [-0.25, -0.2) is 14.6 Å². The number of fused-ring (bicyclic) bond motifs is 1. The minimum absolute atomic E-state index is 0.165. The summed E-state index contributed by atoms with van der Waals surface area (Å²) in [6.45, 7) is 10.7. The molecule has 0 saturated heterocycles. The van der Waals surface area contributed by atoms with E-state index in [-0.39, 0.29) is 5.54 Å². The summed E-state index contributed by atoms with van der Waals surface area (Å²) in [5, 5.41) is 5.83. The molecule has 0 atom stereocenters. The highest BCUT2D eigenvalue weighted by Gasteiger charge is 2.30. The third-order valence-electron chi connectivity index (χ3n) is 5.17. The van der Waals surface area contributed by atoms with Gasteiger partial charge in [-0.15, -0.1) is 0 Å². The summed E-state index contributed by atoms with van der Waals surface area (Å²) in [6, 6.07) is 6.56. The van der Waals surface area contributed by atoms with Crippen LogP contribution in [-0.4, -0.2) is 19.7 Å². The van der Waals surface area contributed by atoms with Crippen LogP contribution in [0.3, 0.4) is 0 Å². The lowest BCUT2D eigenvalue weighted by Gasteiger charge is -2.20. The SMILES string of the molecule is Cc1ccc(Cc2nn(C(C)(C)C)c3nc(C4CC4)nc(N)c23)cc1C. The van der Waals surface area contributed by atoms with Crippen molar-refractivity contribution >= 4 is 16.9 Å². The first-order valence-electron chi connectivity index (χ1n) is 9.35. The average molecular weight is 349 g/mol. The van der Waals surface area contributed by atoms with Crippen LogP contribution in [0, 0.1) is 13.8 Å². The average Bonchev–Trinajstić information content (AvgIpc) is 3.33. The Morgan fingerprint density at radius 2 is 1.85 bits per heavy atom. The Bertz CT molecular complexity index is 990. The van der Waals surface area contributed by atoms with Crippen molar-refractivity contribution in [3.05, 3.63) is 46.4 Å². The maximum absolute atomic E-state index is 6.38. The molecule has 0 unspecified atom stereocenters. The molecule has 1 aliphatic carbocycles. The Hall–Kier alpha value is -2.43. The van der Waals surface area contributed by atoms with E-state index in [1.54, 1.807) is 0 Å². The van der Waals surface area contributed by atoms with Crippen molar-refractivity contribution in [2.75, 3.05) is 5.73 Å². The van der Waals surface area contributed by atoms with E-state index in [4.69, 9.17) is 15.8 Å².